The molecule has 1 aromatic heterocycles. The molecule has 0 bridgehead atoms. The number of phenolic OH excluding ortho intramolecular Hbond substituents is 1. The van der Waals surface area contributed by atoms with E-state index in [1.165, 1.54) is 18.2 Å². The molecule has 0 aliphatic rings. The summed E-state index contributed by atoms with van der Waals surface area (Å²) < 4.78 is 42.8. The lowest BCUT2D eigenvalue weighted by Gasteiger charge is -2.32. The first-order valence-electron chi connectivity index (χ1n) is 9.14. The second-order valence-corrected chi connectivity index (χ2v) is 8.14. The monoisotopic (exact) mass is 480 g/mol. The number of anilines is 1. The second-order valence-electron chi connectivity index (χ2n) is 7.22. The number of halogens is 4. The Bertz CT molecular complexity index is 1140. The zero-order valence-corrected chi connectivity index (χ0v) is 17.6. The maximum atomic E-state index is 14.1. The average Bonchev–Trinajstić information content (AvgIpc) is 2.63. The van der Waals surface area contributed by atoms with E-state index in [-0.39, 0.29) is 23.3 Å². The number of H-pyrrole nitrogens is 1. The van der Waals surface area contributed by atoms with Crippen molar-refractivity contribution in [3.05, 3.63) is 81.1 Å². The van der Waals surface area contributed by atoms with Gasteiger partial charge in [0.05, 0.1) is 17.5 Å². The van der Waals surface area contributed by atoms with E-state index in [0.717, 1.165) is 0 Å². The first-order valence-corrected chi connectivity index (χ1v) is 9.93. The molecule has 4 nitrogen and oxygen atoms in total. The van der Waals surface area contributed by atoms with Gasteiger partial charge in [0.2, 0.25) is 5.56 Å². The molecule has 0 spiro atoms. The van der Waals surface area contributed by atoms with Crippen LogP contribution >= 0.6 is 15.9 Å². The number of aromatic amines is 1. The summed E-state index contributed by atoms with van der Waals surface area (Å²) in [7, 11) is 0. The van der Waals surface area contributed by atoms with Gasteiger partial charge >= 0.3 is 6.18 Å². The molecule has 30 heavy (non-hydrogen) atoms. The Labute approximate surface area is 179 Å². The number of aromatic nitrogens is 1. The smallest absolute Gasteiger partial charge is 0.394 e. The molecule has 3 N–H and O–H groups in total. The van der Waals surface area contributed by atoms with Gasteiger partial charge in [-0.05, 0) is 43.7 Å². The summed E-state index contributed by atoms with van der Waals surface area (Å²) in [5, 5.41) is 14.0. The second kappa shape index (κ2) is 8.55. The summed E-state index contributed by atoms with van der Waals surface area (Å²) >= 11 is 3.22. The van der Waals surface area contributed by atoms with Crippen molar-refractivity contribution in [2.24, 2.45) is 5.92 Å². The van der Waals surface area contributed by atoms with Gasteiger partial charge in [0.1, 0.15) is 5.75 Å². The number of pyridine rings is 1. The number of allylic oxidation sites excluding steroid dienone is 1. The number of rotatable bonds is 6. The molecular weight excluding hydrogens is 461 g/mol. The van der Waals surface area contributed by atoms with E-state index < -0.39 is 18.1 Å². The fourth-order valence-electron chi connectivity index (χ4n) is 3.45. The minimum absolute atomic E-state index is 0.114. The summed E-state index contributed by atoms with van der Waals surface area (Å²) in [4.78, 5) is 14.3. The Morgan fingerprint density at radius 3 is 2.60 bits per heavy atom. The molecule has 1 heterocycles. The lowest BCUT2D eigenvalue weighted by atomic mass is 9.86. The van der Waals surface area contributed by atoms with Gasteiger partial charge in [-0.3, -0.25) is 4.79 Å². The van der Waals surface area contributed by atoms with E-state index in [2.05, 4.69) is 32.8 Å². The quantitative estimate of drug-likeness (QED) is 0.363. The van der Waals surface area contributed by atoms with Gasteiger partial charge in [-0.25, -0.2) is 0 Å². The van der Waals surface area contributed by atoms with Crippen LogP contribution in [0.4, 0.5) is 18.9 Å². The molecule has 0 fully saturated rings. The van der Waals surface area contributed by atoms with Crippen LogP contribution < -0.4 is 10.9 Å². The maximum Gasteiger partial charge on any atom is 0.394 e. The minimum Gasteiger partial charge on any atom is -0.508 e. The fraction of sp³-hybridized carbons (Fsp3) is 0.227. The van der Waals surface area contributed by atoms with Crippen molar-refractivity contribution in [1.82, 2.24) is 4.98 Å². The number of nitrogens with one attached hydrogen (secondary N) is 2. The molecule has 3 rings (SSSR count). The molecule has 0 aliphatic heterocycles. The highest BCUT2D eigenvalue weighted by atomic mass is 79.9. The van der Waals surface area contributed by atoms with Crippen LogP contribution in [0.2, 0.25) is 0 Å². The predicted molar refractivity (Wildman–Crippen MR) is 116 cm³/mol. The zero-order valence-electron chi connectivity index (χ0n) is 16.1. The number of fused-ring (bicyclic) bond motifs is 1. The van der Waals surface area contributed by atoms with Gasteiger partial charge in [0.25, 0.3) is 0 Å². The molecule has 2 atom stereocenters. The number of benzene rings is 2. The summed E-state index contributed by atoms with van der Waals surface area (Å²) in [5.74, 6) is -2.09. The van der Waals surface area contributed by atoms with E-state index in [9.17, 15) is 23.1 Å². The van der Waals surface area contributed by atoms with Gasteiger partial charge in [0.15, 0.2) is 0 Å². The summed E-state index contributed by atoms with van der Waals surface area (Å²) in [5.41, 5.74) is 1.09. The minimum atomic E-state index is -4.55. The van der Waals surface area contributed by atoms with Crippen LogP contribution in [-0.4, -0.2) is 16.3 Å². The molecule has 0 saturated heterocycles. The van der Waals surface area contributed by atoms with Crippen molar-refractivity contribution in [3.8, 4) is 5.75 Å². The van der Waals surface area contributed by atoms with Crippen LogP contribution in [-0.2, 0) is 0 Å². The first kappa shape index (κ1) is 22.0. The summed E-state index contributed by atoms with van der Waals surface area (Å²) in [6.07, 6.45) is -4.85. The largest absolute Gasteiger partial charge is 0.508 e. The molecule has 3 aromatic rings. The van der Waals surface area contributed by atoms with Gasteiger partial charge in [-0.15, -0.1) is 6.58 Å². The third-order valence-electron chi connectivity index (χ3n) is 4.80. The Morgan fingerprint density at radius 1 is 1.23 bits per heavy atom. The normalized spacial score (nSPS) is 13.8. The molecule has 0 amide bonds. The molecule has 2 aromatic carbocycles. The zero-order chi connectivity index (χ0) is 22.1. The third kappa shape index (κ3) is 4.87. The first-order chi connectivity index (χ1) is 14.1. The highest BCUT2D eigenvalue weighted by Gasteiger charge is 2.46. The van der Waals surface area contributed by atoms with Crippen LogP contribution in [0.5, 0.6) is 5.75 Å². The number of hydrogen-bond acceptors (Lipinski definition) is 3. The highest BCUT2D eigenvalue weighted by molar-refractivity contribution is 9.10. The number of phenols is 1. The van der Waals surface area contributed by atoms with E-state index in [0.29, 0.717) is 26.6 Å². The molecule has 158 valence electrons. The van der Waals surface area contributed by atoms with Crippen molar-refractivity contribution >= 4 is 32.5 Å². The van der Waals surface area contributed by atoms with Crippen molar-refractivity contribution in [2.45, 2.75) is 25.6 Å². The molecule has 0 saturated carbocycles. The van der Waals surface area contributed by atoms with E-state index in [4.69, 9.17) is 0 Å². The Balaban J connectivity index is 2.16. The fourth-order valence-corrected chi connectivity index (χ4v) is 3.80. The lowest BCUT2D eigenvalue weighted by Crippen LogP contribution is -2.33. The lowest BCUT2D eigenvalue weighted by molar-refractivity contribution is -0.178. The van der Waals surface area contributed by atoms with Gasteiger partial charge in [-0.2, -0.15) is 13.2 Å². The van der Waals surface area contributed by atoms with Crippen molar-refractivity contribution in [3.63, 3.8) is 0 Å². The van der Waals surface area contributed by atoms with Crippen LogP contribution in [0.1, 0.15) is 24.9 Å². The Hall–Kier alpha value is -2.74. The Morgan fingerprint density at radius 2 is 1.97 bits per heavy atom. The van der Waals surface area contributed by atoms with Gasteiger partial charge in [0, 0.05) is 27.2 Å². The van der Waals surface area contributed by atoms with Gasteiger partial charge in [-0.1, -0.05) is 33.6 Å². The standard InChI is InChI=1S/C22H20BrF3N2O2/c1-12(2)10-16(22(24,25)26)21(15-7-6-13(23)11-19(15)29)28-18-5-3-4-17-14(18)8-9-20(30)27-17/h3-9,11,16,21,28-29H,1,10H2,2H3,(H,27,30). The van der Waals surface area contributed by atoms with Crippen LogP contribution in [0.25, 0.3) is 10.9 Å². The average molecular weight is 481 g/mol. The molecule has 0 aliphatic carbocycles. The highest BCUT2D eigenvalue weighted by Crippen LogP contribution is 2.44. The van der Waals surface area contributed by atoms with Crippen LogP contribution in [0.15, 0.2) is 70.0 Å². The number of aromatic hydroxyl groups is 1. The number of hydrogen-bond donors (Lipinski definition) is 3. The van der Waals surface area contributed by atoms with E-state index >= 15 is 0 Å². The van der Waals surface area contributed by atoms with Crippen molar-refractivity contribution < 1.29 is 18.3 Å². The van der Waals surface area contributed by atoms with Gasteiger partial charge < -0.3 is 15.4 Å². The molecule has 0 radical (unpaired) electrons. The summed E-state index contributed by atoms with van der Waals surface area (Å²) in [6, 6.07) is 10.9. The predicted octanol–water partition coefficient (Wildman–Crippen LogP) is 6.29. The third-order valence-corrected chi connectivity index (χ3v) is 5.29. The molecule has 2 unspecified atom stereocenters. The van der Waals surface area contributed by atoms with Crippen LogP contribution in [0, 0.1) is 5.92 Å². The van der Waals surface area contributed by atoms with Crippen LogP contribution in [0.3, 0.4) is 0 Å². The Kier molecular flexibility index (Phi) is 6.26. The summed E-state index contributed by atoms with van der Waals surface area (Å²) in [6.45, 7) is 5.19. The molecular formula is C22H20BrF3N2O2. The molecule has 8 heteroatoms. The van der Waals surface area contributed by atoms with E-state index in [1.54, 1.807) is 37.3 Å². The topological polar surface area (TPSA) is 65.1 Å². The SMILES string of the molecule is C=C(C)CC(C(Nc1cccc2[nH]c(=O)ccc12)c1ccc(Br)cc1O)C(F)(F)F. The van der Waals surface area contributed by atoms with Crippen molar-refractivity contribution in [1.29, 1.82) is 0 Å². The van der Waals surface area contributed by atoms with Crippen molar-refractivity contribution in [2.75, 3.05) is 5.32 Å². The van der Waals surface area contributed by atoms with E-state index in [1.807, 2.05) is 0 Å². The number of alkyl halides is 3. The maximum absolute atomic E-state index is 14.1.